The lowest BCUT2D eigenvalue weighted by molar-refractivity contribution is -0.146. The minimum atomic E-state index is -0.524. The molecule has 0 aliphatic carbocycles. The van der Waals surface area contributed by atoms with E-state index in [9.17, 15) is 14.4 Å². The number of ether oxygens (including phenoxy) is 4. The summed E-state index contributed by atoms with van der Waals surface area (Å²) in [5, 5.41) is 0. The summed E-state index contributed by atoms with van der Waals surface area (Å²) in [5.41, 5.74) is 1.76. The molecule has 0 spiro atoms. The fourth-order valence-corrected chi connectivity index (χ4v) is 5.97. The molecule has 0 unspecified atom stereocenters. The number of benzene rings is 3. The van der Waals surface area contributed by atoms with Gasteiger partial charge < -0.3 is 23.8 Å². The van der Waals surface area contributed by atoms with Crippen LogP contribution in [0.4, 0.5) is 0 Å². The number of nitrogens with zero attached hydrogens (tertiary/aromatic N) is 1. The number of unbranched alkanes of at least 4 members (excludes halogenated alkanes) is 1. The van der Waals surface area contributed by atoms with Crippen LogP contribution in [0.15, 0.2) is 77.7 Å². The molecule has 1 saturated heterocycles. The van der Waals surface area contributed by atoms with Gasteiger partial charge in [-0.1, -0.05) is 30.3 Å². The van der Waals surface area contributed by atoms with Gasteiger partial charge in [-0.25, -0.2) is 4.79 Å². The molecule has 0 atom stereocenters. The molecule has 0 saturated carbocycles. The highest BCUT2D eigenvalue weighted by molar-refractivity contribution is 7.99. The molecule has 1 heterocycles. The van der Waals surface area contributed by atoms with E-state index in [0.717, 1.165) is 37.2 Å². The topological polar surface area (TPSA) is 91.4 Å². The quantitative estimate of drug-likeness (QED) is 0.109. The van der Waals surface area contributed by atoms with Crippen molar-refractivity contribution >= 4 is 29.6 Å². The molecule has 0 N–H and O–H groups in total. The van der Waals surface area contributed by atoms with Crippen LogP contribution in [0.3, 0.4) is 0 Å². The van der Waals surface area contributed by atoms with Crippen molar-refractivity contribution in [3.8, 4) is 11.5 Å². The molecule has 0 radical (unpaired) electrons. The van der Waals surface area contributed by atoms with Gasteiger partial charge in [-0.05, 0) is 92.3 Å². The molecule has 1 aliphatic rings. The van der Waals surface area contributed by atoms with Gasteiger partial charge in [0.2, 0.25) is 0 Å². The van der Waals surface area contributed by atoms with Crippen LogP contribution >= 0.6 is 11.8 Å². The average molecular weight is 620 g/mol. The molecule has 1 amide bonds. The molecule has 234 valence electrons. The monoisotopic (exact) mass is 619 g/mol. The van der Waals surface area contributed by atoms with Crippen molar-refractivity contribution in [2.75, 3.05) is 46.3 Å². The smallest absolute Gasteiger partial charge is 0.337 e. The molecule has 1 fully saturated rings. The molecule has 0 bridgehead atoms. The summed E-state index contributed by atoms with van der Waals surface area (Å²) in [7, 11) is 2.68. The van der Waals surface area contributed by atoms with Gasteiger partial charge in [0, 0.05) is 18.0 Å². The predicted molar refractivity (Wildman–Crippen MR) is 171 cm³/mol. The first kappa shape index (κ1) is 32.9. The van der Waals surface area contributed by atoms with Gasteiger partial charge in [0.15, 0.2) is 0 Å². The summed E-state index contributed by atoms with van der Waals surface area (Å²) < 4.78 is 21.7. The highest BCUT2D eigenvalue weighted by atomic mass is 32.2. The van der Waals surface area contributed by atoms with Crippen molar-refractivity contribution in [2.24, 2.45) is 5.92 Å². The Morgan fingerprint density at radius 2 is 1.55 bits per heavy atom. The van der Waals surface area contributed by atoms with Gasteiger partial charge in [-0.2, -0.15) is 0 Å². The Morgan fingerprint density at radius 1 is 0.818 bits per heavy atom. The molecule has 3 aromatic carbocycles. The number of methoxy groups -OCH3 is 2. The summed E-state index contributed by atoms with van der Waals surface area (Å²) in [5.74, 6) is 1.14. The molecular formula is C35H41NO7S. The van der Waals surface area contributed by atoms with Gasteiger partial charge in [0.25, 0.3) is 5.91 Å². The third-order valence-electron chi connectivity index (χ3n) is 7.56. The van der Waals surface area contributed by atoms with Crippen LogP contribution in [0, 0.1) is 5.92 Å². The van der Waals surface area contributed by atoms with Gasteiger partial charge in [-0.15, -0.1) is 11.8 Å². The first-order valence-corrected chi connectivity index (χ1v) is 16.1. The summed E-state index contributed by atoms with van der Waals surface area (Å²) in [6, 6.07) is 23.3. The van der Waals surface area contributed by atoms with E-state index in [4.69, 9.17) is 18.9 Å². The highest BCUT2D eigenvalue weighted by Gasteiger charge is 2.30. The number of carbonyl (C=O) groups excluding carboxylic acids is 3. The van der Waals surface area contributed by atoms with Crippen LogP contribution in [-0.4, -0.2) is 69.0 Å². The van der Waals surface area contributed by atoms with E-state index < -0.39 is 5.97 Å². The largest absolute Gasteiger partial charge is 0.494 e. The van der Waals surface area contributed by atoms with E-state index in [-0.39, 0.29) is 23.4 Å². The van der Waals surface area contributed by atoms with Crippen LogP contribution < -0.4 is 9.47 Å². The van der Waals surface area contributed by atoms with E-state index >= 15 is 0 Å². The Bertz CT molecular complexity index is 1360. The fourth-order valence-electron chi connectivity index (χ4n) is 5.03. The second kappa shape index (κ2) is 17.3. The number of carbonyl (C=O) groups is 3. The Labute approximate surface area is 264 Å². The number of piperidine rings is 1. The zero-order valence-electron chi connectivity index (χ0n) is 25.5. The average Bonchev–Trinajstić information content (AvgIpc) is 3.08. The summed E-state index contributed by atoms with van der Waals surface area (Å²) in [4.78, 5) is 40.5. The van der Waals surface area contributed by atoms with E-state index in [1.165, 1.54) is 30.7 Å². The molecule has 8 nitrogen and oxygen atoms in total. The fraction of sp³-hybridized carbons (Fsp3) is 0.400. The summed E-state index contributed by atoms with van der Waals surface area (Å²) in [6.45, 7) is 1.95. The molecule has 44 heavy (non-hydrogen) atoms. The number of amides is 1. The lowest BCUT2D eigenvalue weighted by Crippen LogP contribution is -2.40. The third kappa shape index (κ3) is 9.77. The molecule has 3 aromatic rings. The van der Waals surface area contributed by atoms with Gasteiger partial charge >= 0.3 is 11.9 Å². The van der Waals surface area contributed by atoms with Crippen molar-refractivity contribution in [1.29, 1.82) is 0 Å². The van der Waals surface area contributed by atoms with E-state index in [2.05, 4.69) is 36.4 Å². The van der Waals surface area contributed by atoms with Crippen LogP contribution in [0.2, 0.25) is 0 Å². The number of aryl methyl sites for hydroxylation is 1. The number of likely N-dealkylation sites (tertiary alicyclic amines) is 1. The van der Waals surface area contributed by atoms with E-state index in [1.54, 1.807) is 17.0 Å². The number of hydrogen-bond donors (Lipinski definition) is 0. The van der Waals surface area contributed by atoms with Crippen LogP contribution in [-0.2, 0) is 20.7 Å². The molecule has 1 aliphatic heterocycles. The van der Waals surface area contributed by atoms with Crippen molar-refractivity contribution in [3.05, 3.63) is 89.5 Å². The number of thioether (sulfide) groups is 1. The Hall–Kier alpha value is -3.98. The van der Waals surface area contributed by atoms with Crippen molar-refractivity contribution in [2.45, 2.75) is 43.4 Å². The third-order valence-corrected chi connectivity index (χ3v) is 8.66. The zero-order valence-corrected chi connectivity index (χ0v) is 26.3. The molecule has 4 rings (SSSR count). The zero-order chi connectivity index (χ0) is 31.1. The van der Waals surface area contributed by atoms with Crippen molar-refractivity contribution < 1.29 is 33.3 Å². The maximum absolute atomic E-state index is 13.5. The minimum Gasteiger partial charge on any atom is -0.494 e. The summed E-state index contributed by atoms with van der Waals surface area (Å²) in [6.07, 6.45) is 4.73. The number of esters is 2. The highest BCUT2D eigenvalue weighted by Crippen LogP contribution is 2.26. The summed E-state index contributed by atoms with van der Waals surface area (Å²) >= 11 is 1.87. The normalized spacial score (nSPS) is 13.3. The molecule has 0 aromatic heterocycles. The van der Waals surface area contributed by atoms with Crippen LogP contribution in [0.25, 0.3) is 0 Å². The van der Waals surface area contributed by atoms with Gasteiger partial charge in [0.1, 0.15) is 11.5 Å². The Morgan fingerprint density at radius 3 is 2.25 bits per heavy atom. The Balaban J connectivity index is 1.22. The predicted octanol–water partition coefficient (Wildman–Crippen LogP) is 6.46. The minimum absolute atomic E-state index is 0.212. The van der Waals surface area contributed by atoms with Crippen LogP contribution in [0.5, 0.6) is 11.5 Å². The van der Waals surface area contributed by atoms with Gasteiger partial charge in [-0.3, -0.25) is 9.59 Å². The van der Waals surface area contributed by atoms with E-state index in [1.807, 2.05) is 30.0 Å². The maximum Gasteiger partial charge on any atom is 0.337 e. The first-order chi connectivity index (χ1) is 21.5. The number of rotatable bonds is 15. The number of hydrogen-bond acceptors (Lipinski definition) is 8. The SMILES string of the molecule is COC(=O)c1ccc(OCCCc2ccc(OCCCCSc3ccccc3)cc2)c(C(=O)N2CCC(C(=O)OC)CC2)c1. The van der Waals surface area contributed by atoms with Crippen LogP contribution in [0.1, 0.15) is 58.4 Å². The molecular weight excluding hydrogens is 578 g/mol. The standard InChI is InChI=1S/C35H41NO7S/c1-40-34(38)27-18-20-36(21-19-27)33(37)31-25-28(35(39)41-2)14-17-32(31)43-23-8-9-26-12-15-29(16-13-26)42-22-6-7-24-44-30-10-4-3-5-11-30/h3-5,10-17,25,27H,6-9,18-24H2,1-2H3. The lowest BCUT2D eigenvalue weighted by Gasteiger charge is -2.31. The van der Waals surface area contributed by atoms with Crippen molar-refractivity contribution in [3.63, 3.8) is 0 Å². The first-order valence-electron chi connectivity index (χ1n) is 15.1. The maximum atomic E-state index is 13.5. The van der Waals surface area contributed by atoms with E-state index in [0.29, 0.717) is 50.5 Å². The lowest BCUT2D eigenvalue weighted by atomic mass is 9.96. The second-order valence-electron chi connectivity index (χ2n) is 10.6. The Kier molecular flexibility index (Phi) is 13.0. The van der Waals surface area contributed by atoms with Gasteiger partial charge in [0.05, 0.1) is 44.5 Å². The van der Waals surface area contributed by atoms with Crippen molar-refractivity contribution in [1.82, 2.24) is 4.90 Å². The molecule has 9 heteroatoms. The second-order valence-corrected chi connectivity index (χ2v) is 11.8.